The van der Waals surface area contributed by atoms with E-state index < -0.39 is 11.9 Å². The first-order valence-electron chi connectivity index (χ1n) is 10.9. The quantitative estimate of drug-likeness (QED) is 0.282. The summed E-state index contributed by atoms with van der Waals surface area (Å²) in [5, 5.41) is 23.4. The maximum Gasteiger partial charge on any atom is 0.335 e. The Morgan fingerprint density at radius 1 is 0.583 bits per heavy atom. The van der Waals surface area contributed by atoms with Crippen molar-refractivity contribution in [3.8, 4) is 11.5 Å². The van der Waals surface area contributed by atoms with E-state index in [1.807, 2.05) is 0 Å². The predicted molar refractivity (Wildman–Crippen MR) is 129 cm³/mol. The number of amides is 2. The van der Waals surface area contributed by atoms with Crippen molar-refractivity contribution in [2.75, 3.05) is 26.3 Å². The lowest BCUT2D eigenvalue weighted by molar-refractivity contribution is 0.0685. The molecule has 0 aromatic heterocycles. The van der Waals surface area contributed by atoms with Crippen LogP contribution in [0.15, 0.2) is 72.8 Å². The van der Waals surface area contributed by atoms with Crippen LogP contribution in [0.1, 0.15) is 41.4 Å². The highest BCUT2D eigenvalue weighted by atomic mass is 16.5. The SMILES string of the molecule is O=C(O)c1cccc(OCCNC(=O)c2ccc(C(=O)NCCOc3cccc(C(=O)O)c3)cc2)c1. The number of carboxylic acids is 2. The van der Waals surface area contributed by atoms with Gasteiger partial charge in [0.25, 0.3) is 11.8 Å². The van der Waals surface area contributed by atoms with E-state index in [-0.39, 0.29) is 49.2 Å². The predicted octanol–water partition coefficient (Wildman–Crippen LogP) is 2.70. The minimum atomic E-state index is -1.05. The lowest BCUT2D eigenvalue weighted by atomic mass is 10.1. The molecule has 0 unspecified atom stereocenters. The zero-order chi connectivity index (χ0) is 25.9. The monoisotopic (exact) mass is 492 g/mol. The maximum absolute atomic E-state index is 12.3. The van der Waals surface area contributed by atoms with Crippen LogP contribution in [-0.2, 0) is 0 Å². The summed E-state index contributed by atoms with van der Waals surface area (Å²) in [6.07, 6.45) is 0. The topological polar surface area (TPSA) is 151 Å². The Balaban J connectivity index is 1.38. The molecule has 0 atom stereocenters. The van der Waals surface area contributed by atoms with Crippen molar-refractivity contribution in [1.29, 1.82) is 0 Å². The Labute approximate surface area is 206 Å². The molecule has 0 aliphatic rings. The fourth-order valence-corrected chi connectivity index (χ4v) is 3.08. The Bertz CT molecular complexity index is 1140. The number of carboxylic acid groups (broad SMARTS) is 2. The van der Waals surface area contributed by atoms with E-state index in [4.69, 9.17) is 19.7 Å². The molecule has 10 nitrogen and oxygen atoms in total. The summed E-state index contributed by atoms with van der Waals surface area (Å²) >= 11 is 0. The zero-order valence-corrected chi connectivity index (χ0v) is 19.1. The van der Waals surface area contributed by atoms with Crippen molar-refractivity contribution < 1.29 is 38.9 Å². The number of carbonyl (C=O) groups excluding carboxylic acids is 2. The van der Waals surface area contributed by atoms with E-state index in [1.165, 1.54) is 48.5 Å². The van der Waals surface area contributed by atoms with Crippen molar-refractivity contribution in [1.82, 2.24) is 10.6 Å². The number of hydrogen-bond acceptors (Lipinski definition) is 6. The lowest BCUT2D eigenvalue weighted by Crippen LogP contribution is -2.29. The molecule has 0 bridgehead atoms. The number of aromatic carboxylic acids is 2. The number of rotatable bonds is 12. The fourth-order valence-electron chi connectivity index (χ4n) is 3.08. The summed E-state index contributed by atoms with van der Waals surface area (Å²) < 4.78 is 10.9. The highest BCUT2D eigenvalue weighted by Crippen LogP contribution is 2.14. The third kappa shape index (κ3) is 7.59. The highest BCUT2D eigenvalue weighted by Gasteiger charge is 2.10. The highest BCUT2D eigenvalue weighted by molar-refractivity contribution is 5.97. The van der Waals surface area contributed by atoms with Crippen molar-refractivity contribution >= 4 is 23.8 Å². The van der Waals surface area contributed by atoms with Crippen LogP contribution in [0.5, 0.6) is 11.5 Å². The normalized spacial score (nSPS) is 10.2. The molecule has 4 N–H and O–H groups in total. The second-order valence-electron chi connectivity index (χ2n) is 7.45. The zero-order valence-electron chi connectivity index (χ0n) is 19.1. The van der Waals surface area contributed by atoms with Gasteiger partial charge >= 0.3 is 11.9 Å². The van der Waals surface area contributed by atoms with Gasteiger partial charge in [-0.05, 0) is 60.7 Å². The van der Waals surface area contributed by atoms with Crippen molar-refractivity contribution in [3.63, 3.8) is 0 Å². The van der Waals surface area contributed by atoms with Gasteiger partial charge in [0.2, 0.25) is 0 Å². The number of hydrogen-bond donors (Lipinski definition) is 4. The van der Waals surface area contributed by atoms with Crippen LogP contribution >= 0.6 is 0 Å². The maximum atomic E-state index is 12.3. The smallest absolute Gasteiger partial charge is 0.335 e. The van der Waals surface area contributed by atoms with Gasteiger partial charge in [-0.1, -0.05) is 12.1 Å². The summed E-state index contributed by atoms with van der Waals surface area (Å²) in [5.41, 5.74) is 0.944. The van der Waals surface area contributed by atoms with Gasteiger partial charge in [0.15, 0.2) is 0 Å². The molecule has 10 heteroatoms. The average Bonchev–Trinajstić information content (AvgIpc) is 2.89. The first-order chi connectivity index (χ1) is 17.3. The molecule has 3 aromatic carbocycles. The second-order valence-corrected chi connectivity index (χ2v) is 7.45. The van der Waals surface area contributed by atoms with Crippen LogP contribution in [0.3, 0.4) is 0 Å². The van der Waals surface area contributed by atoms with E-state index in [0.29, 0.717) is 22.6 Å². The first kappa shape index (κ1) is 25.8. The van der Waals surface area contributed by atoms with Crippen LogP contribution in [0, 0.1) is 0 Å². The molecular weight excluding hydrogens is 468 g/mol. The van der Waals surface area contributed by atoms with E-state index in [1.54, 1.807) is 24.3 Å². The van der Waals surface area contributed by atoms with Crippen LogP contribution in [0.25, 0.3) is 0 Å². The average molecular weight is 492 g/mol. The Morgan fingerprint density at radius 2 is 0.972 bits per heavy atom. The van der Waals surface area contributed by atoms with Gasteiger partial charge in [-0.15, -0.1) is 0 Å². The summed E-state index contributed by atoms with van der Waals surface area (Å²) in [6, 6.07) is 18.2. The summed E-state index contributed by atoms with van der Waals surface area (Å²) in [5.74, 6) is -2.02. The molecule has 0 aliphatic carbocycles. The van der Waals surface area contributed by atoms with E-state index in [9.17, 15) is 19.2 Å². The Kier molecular flexibility index (Phi) is 8.99. The molecule has 2 amide bonds. The second kappa shape index (κ2) is 12.6. The molecule has 0 fully saturated rings. The lowest BCUT2D eigenvalue weighted by Gasteiger charge is -2.10. The van der Waals surface area contributed by atoms with Gasteiger partial charge in [0.1, 0.15) is 24.7 Å². The largest absolute Gasteiger partial charge is 0.492 e. The van der Waals surface area contributed by atoms with Gasteiger partial charge in [0.05, 0.1) is 24.2 Å². The minimum absolute atomic E-state index is 0.110. The molecule has 0 saturated heterocycles. The van der Waals surface area contributed by atoms with Crippen molar-refractivity contribution in [2.45, 2.75) is 0 Å². The molecule has 3 aromatic rings. The van der Waals surface area contributed by atoms with Crippen LogP contribution in [0.4, 0.5) is 0 Å². The molecule has 0 heterocycles. The molecule has 186 valence electrons. The van der Waals surface area contributed by atoms with Crippen LogP contribution in [0.2, 0.25) is 0 Å². The Morgan fingerprint density at radius 3 is 1.33 bits per heavy atom. The summed E-state index contributed by atoms with van der Waals surface area (Å²) in [7, 11) is 0. The number of carbonyl (C=O) groups is 4. The van der Waals surface area contributed by atoms with Gasteiger partial charge in [-0.3, -0.25) is 9.59 Å². The number of nitrogens with one attached hydrogen (secondary N) is 2. The molecular formula is C26H24N2O8. The van der Waals surface area contributed by atoms with E-state index in [0.717, 1.165) is 0 Å². The third-order valence-corrected chi connectivity index (χ3v) is 4.88. The van der Waals surface area contributed by atoms with Crippen molar-refractivity contribution in [2.24, 2.45) is 0 Å². The molecule has 0 saturated carbocycles. The first-order valence-corrected chi connectivity index (χ1v) is 10.9. The van der Waals surface area contributed by atoms with Gasteiger partial charge in [-0.2, -0.15) is 0 Å². The van der Waals surface area contributed by atoms with Gasteiger partial charge < -0.3 is 30.3 Å². The number of benzene rings is 3. The minimum Gasteiger partial charge on any atom is -0.492 e. The summed E-state index contributed by atoms with van der Waals surface area (Å²) in [4.78, 5) is 46.6. The Hall–Kier alpha value is -4.86. The van der Waals surface area contributed by atoms with E-state index >= 15 is 0 Å². The van der Waals surface area contributed by atoms with Crippen LogP contribution < -0.4 is 20.1 Å². The molecule has 36 heavy (non-hydrogen) atoms. The van der Waals surface area contributed by atoms with E-state index in [2.05, 4.69) is 10.6 Å². The van der Waals surface area contributed by atoms with Gasteiger partial charge in [0, 0.05) is 11.1 Å². The standard InChI is InChI=1S/C26H24N2O8/c29-23(27-11-13-35-21-5-1-3-19(15-21)25(31)32)17-7-9-18(10-8-17)24(30)28-12-14-36-22-6-2-4-20(16-22)26(33)34/h1-10,15-16H,11-14H2,(H,27,29)(H,28,30)(H,31,32)(H,33,34). The fraction of sp³-hybridized carbons (Fsp3) is 0.154. The molecule has 3 rings (SSSR count). The van der Waals surface area contributed by atoms with Gasteiger partial charge in [-0.25, -0.2) is 9.59 Å². The third-order valence-electron chi connectivity index (χ3n) is 4.88. The van der Waals surface area contributed by atoms with Crippen molar-refractivity contribution in [3.05, 3.63) is 95.1 Å². The number of ether oxygens (including phenoxy) is 2. The molecule has 0 radical (unpaired) electrons. The molecule has 0 aliphatic heterocycles. The molecule has 0 spiro atoms. The van der Waals surface area contributed by atoms with Crippen LogP contribution in [-0.4, -0.2) is 60.3 Å². The summed E-state index contributed by atoms with van der Waals surface area (Å²) in [6.45, 7) is 0.706.